The van der Waals surface area contributed by atoms with Crippen LogP contribution in [-0.4, -0.2) is 124 Å². The van der Waals surface area contributed by atoms with E-state index in [4.69, 9.17) is 15.2 Å². The Morgan fingerprint density at radius 1 is 0.846 bits per heavy atom. The van der Waals surface area contributed by atoms with Crippen LogP contribution in [0.1, 0.15) is 62.6 Å². The Hall–Kier alpha value is -6.13. The average molecular weight is 915 g/mol. The first-order valence-corrected chi connectivity index (χ1v) is 23.1. The predicted molar refractivity (Wildman–Crippen MR) is 244 cm³/mol. The smallest absolute Gasteiger partial charge is 0.407 e. The average Bonchev–Trinajstić information content (AvgIpc) is 3.87. The molecule has 1 heterocycles. The number of nitrogens with zero attached hydrogens (tertiary/aromatic N) is 1. The normalized spacial score (nSPS) is 17.8. The summed E-state index contributed by atoms with van der Waals surface area (Å²) in [4.78, 5) is 79.6. The number of nitrogens with one attached hydrogen (secondary N) is 4. The number of carbonyl (C=O) groups excluding carboxylic acids is 6. The number of fused-ring (bicyclic) bond motifs is 3. The van der Waals surface area contributed by atoms with Crippen molar-refractivity contribution in [2.45, 2.75) is 82.6 Å². The second-order valence-electron chi connectivity index (χ2n) is 16.7. The van der Waals surface area contributed by atoms with Crippen LogP contribution in [0.25, 0.3) is 11.1 Å². The summed E-state index contributed by atoms with van der Waals surface area (Å²) < 4.78 is 11.0. The molecule has 0 aromatic heterocycles. The third-order valence-corrected chi connectivity index (χ3v) is 13.8. The molecule has 0 spiro atoms. The Morgan fingerprint density at radius 2 is 1.46 bits per heavy atom. The molecule has 9 N–H and O–H groups in total. The molecule has 348 valence electrons. The lowest BCUT2D eigenvalue weighted by Crippen LogP contribution is -2.61. The number of aliphatic hydroxyl groups is 2. The maximum atomic E-state index is 13.9. The van der Waals surface area contributed by atoms with Crippen LogP contribution in [0.4, 0.5) is 4.79 Å². The lowest BCUT2D eigenvalue weighted by atomic mass is 9.98. The van der Waals surface area contributed by atoms with E-state index in [0.717, 1.165) is 28.7 Å². The summed E-state index contributed by atoms with van der Waals surface area (Å²) in [5.41, 5.74) is 9.67. The van der Waals surface area contributed by atoms with Gasteiger partial charge in [-0.2, -0.15) is 15.7 Å². The van der Waals surface area contributed by atoms with Crippen molar-refractivity contribution in [3.8, 4) is 22.9 Å². The molecule has 18 heteroatoms. The first kappa shape index (κ1) is 49.9. The Labute approximate surface area is 380 Å². The summed E-state index contributed by atoms with van der Waals surface area (Å²) in [6, 6.07) is 17.7. The van der Waals surface area contributed by atoms with Gasteiger partial charge in [0.2, 0.25) is 29.4 Å². The molecule has 3 aromatic rings. The molecule has 1 aliphatic carbocycles. The van der Waals surface area contributed by atoms with Crippen LogP contribution in [0.3, 0.4) is 0 Å². The summed E-state index contributed by atoms with van der Waals surface area (Å²) in [5, 5.41) is 51.0. The molecular formula is C47H58N6O11S. The minimum atomic E-state index is -1.69. The number of alkyl carbamates (subject to hydrolysis) is 1. The fourth-order valence-electron chi connectivity index (χ4n) is 7.97. The van der Waals surface area contributed by atoms with Crippen molar-refractivity contribution in [1.29, 1.82) is 5.26 Å². The fourth-order valence-corrected chi connectivity index (χ4v) is 10.6. The molecule has 3 aromatic carbocycles. The van der Waals surface area contributed by atoms with Crippen LogP contribution in [0.15, 0.2) is 72.8 Å². The number of benzene rings is 3. The van der Waals surface area contributed by atoms with Crippen LogP contribution in [0, 0.1) is 23.2 Å². The van der Waals surface area contributed by atoms with Gasteiger partial charge in [-0.1, -0.05) is 74.5 Å². The number of hydrogen-bond donors (Lipinski definition) is 8. The summed E-state index contributed by atoms with van der Waals surface area (Å²) in [7, 11) is -0.694. The topological polar surface area (TPSA) is 279 Å². The Bertz CT molecular complexity index is 2230. The number of primary amides is 1. The Morgan fingerprint density at radius 3 is 2.05 bits per heavy atom. The van der Waals surface area contributed by atoms with Gasteiger partial charge in [-0.15, -0.1) is 0 Å². The molecule has 1 aliphatic heterocycles. The standard InChI is InChI=1S/C47H58N6O11S/c1-27(2)20-37(43(58)40(22-48)65-19-17-30(26-65)16-18-63-25-41(49)57)50-45(60)39(23-54)51-46(61)42(28(3)55)53-44(59)38(21-29-12-14-31(56)15-13-29)52-47(62)64-24-36-34-10-6-4-8-32(34)33-9-5-7-11-35(33)36/h4-15,27-28,30,36-39,42,54-56H,16-21,23-26H2,1-3H3,(H2,49,57)(H,50,60)(H,51,61)(H,52,62)(H,53,59)/t28-,30?,37+,38+,39+,42+,65?/m1/s1. The molecule has 65 heavy (non-hydrogen) atoms. The number of aromatic hydroxyl groups is 1. The number of phenolic OH excluding ortho intramolecular Hbond substituents is 1. The number of hydrogen-bond acceptors (Lipinski definition) is 12. The monoisotopic (exact) mass is 914 g/mol. The van der Waals surface area contributed by atoms with E-state index in [-0.39, 0.29) is 54.4 Å². The van der Waals surface area contributed by atoms with Crippen molar-refractivity contribution in [3.05, 3.63) is 89.5 Å². The van der Waals surface area contributed by atoms with Crippen LogP contribution >= 0.6 is 10.5 Å². The van der Waals surface area contributed by atoms with Crippen molar-refractivity contribution in [2.24, 2.45) is 17.6 Å². The molecule has 17 nitrogen and oxygen atoms in total. The highest BCUT2D eigenvalue weighted by Gasteiger charge is 2.36. The Balaban J connectivity index is 1.25. The number of rotatable bonds is 22. The summed E-state index contributed by atoms with van der Waals surface area (Å²) >= 11 is 0. The quantitative estimate of drug-likeness (QED) is 0.0532. The van der Waals surface area contributed by atoms with Crippen LogP contribution < -0.4 is 27.0 Å². The minimum absolute atomic E-state index is 0.0270. The van der Waals surface area contributed by atoms with Gasteiger partial charge in [-0.05, 0) is 89.5 Å². The summed E-state index contributed by atoms with van der Waals surface area (Å²) in [5.74, 6) is -3.12. The number of Topliss-reactive ketones (excluding diaryl/α,β-unsaturated/α-hetero) is 1. The number of ether oxygens (including phenoxy) is 2. The molecular weight excluding hydrogens is 857 g/mol. The highest BCUT2D eigenvalue weighted by atomic mass is 32.2. The van der Waals surface area contributed by atoms with E-state index in [1.54, 1.807) is 12.1 Å². The summed E-state index contributed by atoms with van der Waals surface area (Å²) in [6.45, 7) is 4.03. The molecule has 5 rings (SSSR count). The number of ketones is 1. The summed E-state index contributed by atoms with van der Waals surface area (Å²) in [6.07, 6.45) is -1.08. The van der Waals surface area contributed by atoms with Gasteiger partial charge >= 0.3 is 6.09 Å². The molecule has 0 bridgehead atoms. The van der Waals surface area contributed by atoms with E-state index in [1.165, 1.54) is 19.1 Å². The van der Waals surface area contributed by atoms with Gasteiger partial charge in [-0.25, -0.2) is 4.79 Å². The zero-order chi connectivity index (χ0) is 47.2. The van der Waals surface area contributed by atoms with Crippen molar-refractivity contribution < 1.29 is 53.6 Å². The first-order chi connectivity index (χ1) is 31.1. The number of amides is 5. The number of carbonyl (C=O) groups is 6. The predicted octanol–water partition coefficient (Wildman–Crippen LogP) is 2.16. The van der Waals surface area contributed by atoms with E-state index in [1.807, 2.05) is 62.4 Å². The van der Waals surface area contributed by atoms with Gasteiger partial charge in [0.25, 0.3) is 0 Å². The number of nitrogens with two attached hydrogens (primary N) is 1. The van der Waals surface area contributed by atoms with E-state index in [0.29, 0.717) is 30.1 Å². The molecule has 1 saturated heterocycles. The second-order valence-corrected chi connectivity index (χ2v) is 18.8. The van der Waals surface area contributed by atoms with Crippen molar-refractivity contribution >= 4 is 50.9 Å². The van der Waals surface area contributed by atoms with E-state index in [9.17, 15) is 49.3 Å². The highest BCUT2D eigenvalue weighted by molar-refractivity contribution is 8.17. The Kier molecular flexibility index (Phi) is 18.2. The maximum absolute atomic E-state index is 13.9. The minimum Gasteiger partial charge on any atom is -0.508 e. The number of aliphatic hydroxyl groups excluding tert-OH is 2. The van der Waals surface area contributed by atoms with Crippen molar-refractivity contribution in [3.63, 3.8) is 0 Å². The van der Waals surface area contributed by atoms with Crippen LogP contribution in [0.5, 0.6) is 5.75 Å². The zero-order valence-corrected chi connectivity index (χ0v) is 37.5. The second kappa shape index (κ2) is 23.7. The van der Waals surface area contributed by atoms with Crippen LogP contribution in [0.2, 0.25) is 0 Å². The fraction of sp³-hybridized carbons (Fsp3) is 0.447. The molecule has 5 amide bonds. The maximum Gasteiger partial charge on any atom is 0.407 e. The van der Waals surface area contributed by atoms with Crippen LogP contribution in [-0.2, 0) is 39.9 Å². The first-order valence-electron chi connectivity index (χ1n) is 21.5. The number of nitriles is 1. The van der Waals surface area contributed by atoms with Gasteiger partial charge in [0.1, 0.15) is 48.0 Å². The SMILES string of the molecule is CC(C)C[C@H](NC(=O)[C@H](CO)NC(=O)[C@@H](NC(=O)[C@H](Cc1ccc(O)cc1)NC(=O)OCC1c2ccccc2-c2ccccc21)[C@@H](C)O)C(=O)/C(C#N)=S1/CCC(CCOCC(N)=O)C1. The highest BCUT2D eigenvalue weighted by Crippen LogP contribution is 2.44. The third-order valence-electron chi connectivity index (χ3n) is 11.3. The van der Waals surface area contributed by atoms with Gasteiger partial charge < -0.3 is 51.8 Å². The molecule has 0 radical (unpaired) electrons. The van der Waals surface area contributed by atoms with E-state index >= 15 is 0 Å². The van der Waals surface area contributed by atoms with Gasteiger partial charge in [0.05, 0.1) is 18.8 Å². The third kappa shape index (κ3) is 13.7. The zero-order valence-electron chi connectivity index (χ0n) is 36.7. The lowest BCUT2D eigenvalue weighted by molar-refractivity contribution is -0.136. The molecule has 2 aliphatic rings. The van der Waals surface area contributed by atoms with Crippen molar-refractivity contribution in [1.82, 2.24) is 21.3 Å². The van der Waals surface area contributed by atoms with Gasteiger partial charge in [-0.3, -0.25) is 24.0 Å². The van der Waals surface area contributed by atoms with Gasteiger partial charge in [0, 0.05) is 18.9 Å². The molecule has 7 atom stereocenters. The lowest BCUT2D eigenvalue weighted by Gasteiger charge is -2.27. The molecule has 1 fully saturated rings. The van der Waals surface area contributed by atoms with Gasteiger partial charge in [0.15, 0.2) is 0 Å². The van der Waals surface area contributed by atoms with E-state index in [2.05, 4.69) is 27.3 Å². The molecule has 0 saturated carbocycles. The van der Waals surface area contributed by atoms with E-state index < -0.39 is 82.9 Å². The number of phenols is 1. The molecule has 2 unspecified atom stereocenters. The largest absolute Gasteiger partial charge is 0.508 e. The van der Waals surface area contributed by atoms with Crippen molar-refractivity contribution in [2.75, 3.05) is 37.9 Å².